The first-order valence-electron chi connectivity index (χ1n) is 7.89. The topological polar surface area (TPSA) is 29.5 Å². The maximum absolute atomic E-state index is 12.6. The average molecular weight is 299 g/mol. The van der Waals surface area contributed by atoms with E-state index in [0.29, 0.717) is 0 Å². The lowest BCUT2D eigenvalue weighted by Crippen LogP contribution is -2.47. The van der Waals surface area contributed by atoms with Gasteiger partial charge in [-0.25, -0.2) is 0 Å². The van der Waals surface area contributed by atoms with Crippen molar-refractivity contribution in [1.82, 2.24) is 4.90 Å². The second-order valence-corrected chi connectivity index (χ2v) is 9.65. The van der Waals surface area contributed by atoms with Crippen LogP contribution in [0.5, 0.6) is 0 Å². The number of nitrogens with zero attached hydrogens (tertiary/aromatic N) is 1. The molecule has 0 saturated heterocycles. The van der Waals surface area contributed by atoms with Gasteiger partial charge in [-0.05, 0) is 67.5 Å². The first-order chi connectivity index (χ1) is 8.99. The summed E-state index contributed by atoms with van der Waals surface area (Å²) in [6, 6.07) is 0. The van der Waals surface area contributed by atoms with Crippen molar-refractivity contribution >= 4 is 5.97 Å². The highest BCUT2D eigenvalue weighted by Gasteiger charge is 2.39. The number of carbonyl (C=O) groups excluding carboxylic acids is 1. The molecule has 0 aliphatic heterocycles. The van der Waals surface area contributed by atoms with E-state index in [0.717, 1.165) is 12.8 Å². The summed E-state index contributed by atoms with van der Waals surface area (Å²) in [5, 5.41) is 0. The van der Waals surface area contributed by atoms with Crippen molar-refractivity contribution in [2.45, 2.75) is 86.3 Å². The van der Waals surface area contributed by atoms with E-state index in [2.05, 4.69) is 53.6 Å². The summed E-state index contributed by atoms with van der Waals surface area (Å²) in [6.45, 7) is 18.8. The quantitative estimate of drug-likeness (QED) is 0.676. The Morgan fingerprint density at radius 2 is 1.29 bits per heavy atom. The predicted molar refractivity (Wildman–Crippen MR) is 90.4 cm³/mol. The van der Waals surface area contributed by atoms with Gasteiger partial charge in [-0.15, -0.1) is 0 Å². The van der Waals surface area contributed by atoms with Crippen LogP contribution in [0.3, 0.4) is 0 Å². The highest BCUT2D eigenvalue weighted by Crippen LogP contribution is 2.36. The highest BCUT2D eigenvalue weighted by molar-refractivity contribution is 5.76. The molecule has 0 aromatic carbocycles. The van der Waals surface area contributed by atoms with Crippen LogP contribution >= 0.6 is 0 Å². The zero-order chi connectivity index (χ0) is 17.3. The van der Waals surface area contributed by atoms with Gasteiger partial charge in [0.2, 0.25) is 0 Å². The zero-order valence-corrected chi connectivity index (χ0v) is 16.2. The van der Waals surface area contributed by atoms with Gasteiger partial charge in [-0.2, -0.15) is 0 Å². The Hall–Kier alpha value is -0.570. The fourth-order valence-electron chi connectivity index (χ4n) is 3.02. The molecule has 0 fully saturated rings. The van der Waals surface area contributed by atoms with Gasteiger partial charge in [-0.3, -0.25) is 4.79 Å². The van der Waals surface area contributed by atoms with E-state index in [1.165, 1.54) is 0 Å². The monoisotopic (exact) mass is 299 g/mol. The molecule has 0 aromatic rings. The molecule has 0 unspecified atom stereocenters. The lowest BCUT2D eigenvalue weighted by Gasteiger charge is -2.41. The molecule has 0 aliphatic rings. The second-order valence-electron chi connectivity index (χ2n) is 9.65. The molecule has 0 atom stereocenters. The number of esters is 1. The second kappa shape index (κ2) is 6.28. The molecule has 0 aromatic heterocycles. The number of ether oxygens (including phenoxy) is 1. The van der Waals surface area contributed by atoms with Gasteiger partial charge >= 0.3 is 5.97 Å². The minimum Gasteiger partial charge on any atom is -0.459 e. The van der Waals surface area contributed by atoms with E-state index in [-0.39, 0.29) is 16.9 Å². The molecule has 0 radical (unpaired) electrons. The van der Waals surface area contributed by atoms with E-state index < -0.39 is 11.0 Å². The Morgan fingerprint density at radius 1 is 0.857 bits per heavy atom. The molecule has 126 valence electrons. The van der Waals surface area contributed by atoms with Gasteiger partial charge in [-0.1, -0.05) is 20.8 Å². The molecule has 0 amide bonds. The Kier molecular flexibility index (Phi) is 6.10. The normalized spacial score (nSPS) is 14.5. The van der Waals surface area contributed by atoms with Crippen molar-refractivity contribution < 1.29 is 9.53 Å². The van der Waals surface area contributed by atoms with E-state index in [1.807, 2.05) is 27.7 Å². The van der Waals surface area contributed by atoms with E-state index >= 15 is 0 Å². The van der Waals surface area contributed by atoms with Crippen LogP contribution in [0.15, 0.2) is 0 Å². The number of carbonyl (C=O) groups is 1. The average Bonchev–Trinajstić information content (AvgIpc) is 2.09. The van der Waals surface area contributed by atoms with Gasteiger partial charge in [0.1, 0.15) is 5.60 Å². The van der Waals surface area contributed by atoms with Crippen LogP contribution in [0.25, 0.3) is 0 Å². The summed E-state index contributed by atoms with van der Waals surface area (Å²) < 4.78 is 5.87. The molecule has 0 N–H and O–H groups in total. The Balaban J connectivity index is 4.90. The molecule has 3 nitrogen and oxygen atoms in total. The SMILES string of the molecule is CN(C)C(C)(C)CC(C)(C)OC(=O)C(C)(C)CC(C)(C)C. The molecule has 0 bridgehead atoms. The van der Waals surface area contributed by atoms with Crippen LogP contribution < -0.4 is 0 Å². The van der Waals surface area contributed by atoms with E-state index in [1.54, 1.807) is 0 Å². The predicted octanol–water partition coefficient (Wildman–Crippen LogP) is 4.50. The third kappa shape index (κ3) is 7.30. The third-order valence-electron chi connectivity index (χ3n) is 3.96. The molecule has 3 heteroatoms. The van der Waals surface area contributed by atoms with Crippen molar-refractivity contribution in [1.29, 1.82) is 0 Å². The minimum atomic E-state index is -0.472. The van der Waals surface area contributed by atoms with Crippen molar-refractivity contribution in [2.75, 3.05) is 14.1 Å². The molecular weight excluding hydrogens is 262 g/mol. The molecular formula is C18H37NO2. The molecule has 0 spiro atoms. The van der Waals surface area contributed by atoms with Gasteiger partial charge in [0.05, 0.1) is 5.41 Å². The van der Waals surface area contributed by atoms with Crippen LogP contribution in [0.4, 0.5) is 0 Å². The standard InChI is InChI=1S/C18H37NO2/c1-15(2,3)12-16(4,5)14(20)21-18(8,9)13-17(6,7)19(10)11/h12-13H2,1-11H3. The summed E-state index contributed by atoms with van der Waals surface area (Å²) in [5.74, 6) is -0.100. The summed E-state index contributed by atoms with van der Waals surface area (Å²) in [5.41, 5.74) is -0.842. The lowest BCUT2D eigenvalue weighted by molar-refractivity contribution is -0.171. The summed E-state index contributed by atoms with van der Waals surface area (Å²) >= 11 is 0. The fraction of sp³-hybridized carbons (Fsp3) is 0.944. The van der Waals surface area contributed by atoms with Gasteiger partial charge in [0.25, 0.3) is 0 Å². The van der Waals surface area contributed by atoms with Crippen LogP contribution in [0.1, 0.15) is 75.2 Å². The Labute approximate surface area is 132 Å². The van der Waals surface area contributed by atoms with Crippen molar-refractivity contribution in [3.63, 3.8) is 0 Å². The number of hydrogen-bond acceptors (Lipinski definition) is 3. The fourth-order valence-corrected chi connectivity index (χ4v) is 3.02. The van der Waals surface area contributed by atoms with Crippen LogP contribution in [0, 0.1) is 10.8 Å². The summed E-state index contributed by atoms with van der Waals surface area (Å²) in [4.78, 5) is 14.7. The molecule has 21 heavy (non-hydrogen) atoms. The third-order valence-corrected chi connectivity index (χ3v) is 3.96. The highest BCUT2D eigenvalue weighted by atomic mass is 16.6. The van der Waals surface area contributed by atoms with Gasteiger partial charge in [0, 0.05) is 12.0 Å². The lowest BCUT2D eigenvalue weighted by atomic mass is 9.76. The maximum atomic E-state index is 12.6. The number of rotatable bonds is 6. The zero-order valence-electron chi connectivity index (χ0n) is 16.2. The molecule has 0 aliphatic carbocycles. The van der Waals surface area contributed by atoms with Crippen LogP contribution in [-0.4, -0.2) is 36.1 Å². The van der Waals surface area contributed by atoms with E-state index in [9.17, 15) is 4.79 Å². The van der Waals surface area contributed by atoms with Crippen LogP contribution in [0.2, 0.25) is 0 Å². The first-order valence-corrected chi connectivity index (χ1v) is 7.89. The summed E-state index contributed by atoms with van der Waals surface area (Å²) in [6.07, 6.45) is 1.61. The Bertz CT molecular complexity index is 360. The first kappa shape index (κ1) is 20.4. The largest absolute Gasteiger partial charge is 0.459 e. The van der Waals surface area contributed by atoms with Crippen molar-refractivity contribution in [2.24, 2.45) is 10.8 Å². The Morgan fingerprint density at radius 3 is 1.62 bits per heavy atom. The molecule has 0 saturated carbocycles. The van der Waals surface area contributed by atoms with Gasteiger partial charge < -0.3 is 9.64 Å². The summed E-state index contributed by atoms with van der Waals surface area (Å²) in [7, 11) is 4.11. The van der Waals surface area contributed by atoms with Crippen molar-refractivity contribution in [3.8, 4) is 0 Å². The minimum absolute atomic E-state index is 0.0159. The maximum Gasteiger partial charge on any atom is 0.312 e. The molecule has 0 heterocycles. The van der Waals surface area contributed by atoms with E-state index in [4.69, 9.17) is 4.74 Å². The smallest absolute Gasteiger partial charge is 0.312 e. The van der Waals surface area contributed by atoms with Crippen LogP contribution in [-0.2, 0) is 9.53 Å². The number of hydrogen-bond donors (Lipinski definition) is 0. The van der Waals surface area contributed by atoms with Gasteiger partial charge in [0.15, 0.2) is 0 Å². The molecule has 0 rings (SSSR count). The van der Waals surface area contributed by atoms with Crippen molar-refractivity contribution in [3.05, 3.63) is 0 Å².